The fourth-order valence-electron chi connectivity index (χ4n) is 14.7. The molecule has 0 atom stereocenters. The average molecular weight is 1500 g/mol. The molecule has 0 spiro atoms. The first-order valence-electron chi connectivity index (χ1n) is 44.7. The molecule has 0 heterocycles. The molecule has 10 heteroatoms. The van der Waals surface area contributed by atoms with Crippen molar-refractivity contribution in [2.24, 2.45) is 0 Å². The van der Waals surface area contributed by atoms with E-state index in [1.165, 1.54) is 64.2 Å². The van der Waals surface area contributed by atoms with Gasteiger partial charge in [0.2, 0.25) is 0 Å². The standard InChI is InChI=1S/C100H142O10/c1-11-21-31-43-55-101-91-67-81-79(83-69-93(103-57-45-33-23-13-3)97(107-61-49-37-27-17-7)73-87(83)89-75-99(109-63-51-39-29-19-9)95(71-85(81)89)105-59-47-35-25-15-5)65-77(91)53-41-42-54-78-66-80-82(68-92(78)102-56-44-32-22-12-2)86-72-96(106-60-48-36-26-16-6)100(110-64-52-40-30-20-10)76-90(86)88-74-98(108-62-50-38-28-18-8)94(70-84(80)88)104-58-46-34-24-14-4/h65-76H,11-40,43-52,55-64H2,1-10H3. The fraction of sp³-hybridized carbons (Fsp3) is 0.600. The van der Waals surface area contributed by atoms with Gasteiger partial charge in [-0.25, -0.2) is 0 Å². The Kier molecular flexibility index (Phi) is 41.5. The van der Waals surface area contributed by atoms with Gasteiger partial charge in [-0.1, -0.05) is 262 Å². The number of hydrogen-bond donors (Lipinski definition) is 0. The monoisotopic (exact) mass is 1500 g/mol. The number of benzene rings is 8. The van der Waals surface area contributed by atoms with Crippen molar-refractivity contribution < 1.29 is 47.4 Å². The van der Waals surface area contributed by atoms with Crippen molar-refractivity contribution >= 4 is 64.6 Å². The van der Waals surface area contributed by atoms with Crippen LogP contribution in [0.5, 0.6) is 57.5 Å². The maximum atomic E-state index is 7.00. The summed E-state index contributed by atoms with van der Waals surface area (Å²) in [6.07, 6.45) is 44.0. The summed E-state index contributed by atoms with van der Waals surface area (Å²) in [6, 6.07) is 26.8. The predicted octanol–water partition coefficient (Wildman–Crippen LogP) is 29.6. The Hall–Kier alpha value is -7.56. The lowest BCUT2D eigenvalue weighted by Gasteiger charge is -2.20. The Bertz CT molecular complexity index is 3760. The topological polar surface area (TPSA) is 92.3 Å². The molecular weight excluding hydrogens is 1360 g/mol. The zero-order valence-corrected chi connectivity index (χ0v) is 70.4. The second kappa shape index (κ2) is 51.9. The van der Waals surface area contributed by atoms with E-state index in [0.29, 0.717) is 66.1 Å². The molecule has 0 aliphatic rings. The van der Waals surface area contributed by atoms with Gasteiger partial charge in [-0.15, -0.1) is 0 Å². The molecule has 0 saturated carbocycles. The third-order valence-electron chi connectivity index (χ3n) is 21.3. The quantitative estimate of drug-likeness (QED) is 0.0208. The van der Waals surface area contributed by atoms with E-state index in [0.717, 1.165) is 326 Å². The molecule has 0 aliphatic heterocycles. The highest BCUT2D eigenvalue weighted by atomic mass is 16.5. The number of hydrogen-bond acceptors (Lipinski definition) is 10. The van der Waals surface area contributed by atoms with Gasteiger partial charge in [0, 0.05) is 0 Å². The molecule has 8 rings (SSSR count). The maximum Gasteiger partial charge on any atom is 0.161 e. The van der Waals surface area contributed by atoms with Crippen LogP contribution >= 0.6 is 0 Å². The van der Waals surface area contributed by atoms with Crippen LogP contribution in [0, 0.1) is 23.7 Å². The lowest BCUT2D eigenvalue weighted by molar-refractivity contribution is 0.259. The molecule has 0 bridgehead atoms. The van der Waals surface area contributed by atoms with E-state index < -0.39 is 0 Å². The molecule has 0 aliphatic carbocycles. The van der Waals surface area contributed by atoms with Crippen molar-refractivity contribution in [1.82, 2.24) is 0 Å². The third kappa shape index (κ3) is 27.7. The van der Waals surface area contributed by atoms with E-state index in [1.54, 1.807) is 0 Å². The van der Waals surface area contributed by atoms with Crippen LogP contribution in [0.4, 0.5) is 0 Å². The second-order valence-electron chi connectivity index (χ2n) is 30.8. The molecule has 0 aromatic heterocycles. The lowest BCUT2D eigenvalue weighted by atomic mass is 9.92. The number of unbranched alkanes of at least 4 members (excludes halogenated alkanes) is 30. The van der Waals surface area contributed by atoms with Gasteiger partial charge in [-0.2, -0.15) is 0 Å². The molecule has 0 amide bonds. The normalized spacial score (nSPS) is 11.4. The number of fused-ring (bicyclic) bond motifs is 12. The largest absolute Gasteiger partial charge is 0.492 e. The van der Waals surface area contributed by atoms with Crippen LogP contribution in [-0.4, -0.2) is 66.1 Å². The van der Waals surface area contributed by atoms with Crippen LogP contribution in [0.25, 0.3) is 64.6 Å². The van der Waals surface area contributed by atoms with Crippen molar-refractivity contribution in [2.75, 3.05) is 66.1 Å². The van der Waals surface area contributed by atoms with Crippen LogP contribution in [-0.2, 0) is 0 Å². The van der Waals surface area contributed by atoms with Crippen molar-refractivity contribution in [2.45, 2.75) is 326 Å². The average Bonchev–Trinajstić information content (AvgIpc) is 0.733. The Labute approximate surface area is 665 Å². The van der Waals surface area contributed by atoms with E-state index in [1.807, 2.05) is 0 Å². The minimum absolute atomic E-state index is 0.561. The lowest BCUT2D eigenvalue weighted by Crippen LogP contribution is -2.04. The van der Waals surface area contributed by atoms with Gasteiger partial charge in [-0.3, -0.25) is 0 Å². The van der Waals surface area contributed by atoms with E-state index in [9.17, 15) is 0 Å². The number of ether oxygens (including phenoxy) is 10. The van der Waals surface area contributed by atoms with Crippen LogP contribution in [0.15, 0.2) is 72.8 Å². The van der Waals surface area contributed by atoms with E-state index >= 15 is 0 Å². The van der Waals surface area contributed by atoms with Gasteiger partial charge in [0.1, 0.15) is 11.5 Å². The highest BCUT2D eigenvalue weighted by Gasteiger charge is 2.23. The van der Waals surface area contributed by atoms with Crippen molar-refractivity contribution in [1.29, 1.82) is 0 Å². The molecule has 110 heavy (non-hydrogen) atoms. The van der Waals surface area contributed by atoms with Gasteiger partial charge in [-0.05, 0) is 225 Å². The summed E-state index contributed by atoms with van der Waals surface area (Å²) in [5.74, 6) is 21.7. The fourth-order valence-corrected chi connectivity index (χ4v) is 14.7. The summed E-state index contributed by atoms with van der Waals surface area (Å²) in [5, 5.41) is 12.6. The Morgan fingerprint density at radius 1 is 0.155 bits per heavy atom. The van der Waals surface area contributed by atoms with Gasteiger partial charge in [0.05, 0.1) is 77.2 Å². The van der Waals surface area contributed by atoms with Crippen LogP contribution in [0.3, 0.4) is 0 Å². The van der Waals surface area contributed by atoms with Crippen molar-refractivity contribution in [3.05, 3.63) is 83.9 Å². The Morgan fingerprint density at radius 3 is 0.427 bits per heavy atom. The molecule has 0 saturated heterocycles. The predicted molar refractivity (Wildman–Crippen MR) is 468 cm³/mol. The molecule has 0 N–H and O–H groups in total. The minimum Gasteiger partial charge on any atom is -0.492 e. The summed E-state index contributed by atoms with van der Waals surface area (Å²) >= 11 is 0. The van der Waals surface area contributed by atoms with Crippen LogP contribution in [0.1, 0.15) is 337 Å². The van der Waals surface area contributed by atoms with Gasteiger partial charge in [0.15, 0.2) is 46.0 Å². The third-order valence-corrected chi connectivity index (χ3v) is 21.3. The van der Waals surface area contributed by atoms with E-state index in [-0.39, 0.29) is 0 Å². The zero-order valence-electron chi connectivity index (χ0n) is 70.4. The zero-order chi connectivity index (χ0) is 77.6. The van der Waals surface area contributed by atoms with Crippen molar-refractivity contribution in [3.8, 4) is 81.2 Å². The number of rotatable bonds is 60. The second-order valence-corrected chi connectivity index (χ2v) is 30.8. The maximum absolute atomic E-state index is 7.00. The molecule has 602 valence electrons. The molecule has 8 aromatic rings. The smallest absolute Gasteiger partial charge is 0.161 e. The highest BCUT2D eigenvalue weighted by Crippen LogP contribution is 2.49. The summed E-state index contributed by atoms with van der Waals surface area (Å²) in [4.78, 5) is 0. The molecule has 10 nitrogen and oxygen atoms in total. The molecule has 0 fully saturated rings. The molecule has 0 radical (unpaired) electrons. The SMILES string of the molecule is CCCCCCOc1cc2c(cc1C#CC#Cc1cc3c(cc1OCCCCCC)c1cc(OCCCCCC)c(OCCCCCC)cc1c1cc(OCCCCCC)c(OCCCCCC)cc31)c1cc(OCCCCCC)c(OCCCCCC)cc1c1cc(OCCCCCC)c(OCCCCCC)cc21. The van der Waals surface area contributed by atoms with E-state index in [2.05, 4.69) is 166 Å². The first-order chi connectivity index (χ1) is 54.3. The minimum atomic E-state index is 0.561. The first-order valence-corrected chi connectivity index (χ1v) is 44.7. The molecule has 8 aromatic carbocycles. The summed E-state index contributed by atoms with van der Waals surface area (Å²) < 4.78 is 68.7. The van der Waals surface area contributed by atoms with Gasteiger partial charge >= 0.3 is 0 Å². The molecule has 0 unspecified atom stereocenters. The summed E-state index contributed by atoms with van der Waals surface area (Å²) in [7, 11) is 0. The first kappa shape index (κ1) is 88.0. The van der Waals surface area contributed by atoms with Gasteiger partial charge < -0.3 is 47.4 Å². The van der Waals surface area contributed by atoms with Crippen LogP contribution in [0.2, 0.25) is 0 Å². The van der Waals surface area contributed by atoms with Crippen molar-refractivity contribution in [3.63, 3.8) is 0 Å². The van der Waals surface area contributed by atoms with Crippen LogP contribution < -0.4 is 47.4 Å². The highest BCUT2D eigenvalue weighted by molar-refractivity contribution is 6.28. The Balaban J connectivity index is 1.39. The summed E-state index contributed by atoms with van der Waals surface area (Å²) in [5.41, 5.74) is 1.53. The molecular formula is C100H142O10. The Morgan fingerprint density at radius 2 is 0.282 bits per heavy atom. The van der Waals surface area contributed by atoms with E-state index in [4.69, 9.17) is 47.4 Å². The summed E-state index contributed by atoms with van der Waals surface area (Å²) in [6.45, 7) is 28.6. The van der Waals surface area contributed by atoms with Gasteiger partial charge in [0.25, 0.3) is 0 Å².